The number of carbonyl (C=O) groups excluding carboxylic acids is 1. The maximum Gasteiger partial charge on any atom is 0.255 e. The highest BCUT2D eigenvalue weighted by Gasteiger charge is 2.23. The quantitative estimate of drug-likeness (QED) is 0.469. The number of sulfonamides is 1. The summed E-state index contributed by atoms with van der Waals surface area (Å²) < 4.78 is 33.5. The van der Waals surface area contributed by atoms with Gasteiger partial charge in [0.05, 0.1) is 23.7 Å². The third-order valence-corrected chi connectivity index (χ3v) is 7.26. The van der Waals surface area contributed by atoms with Crippen LogP contribution in [0.1, 0.15) is 35.2 Å². The Balaban J connectivity index is 1.62. The van der Waals surface area contributed by atoms with Crippen molar-refractivity contribution in [1.29, 1.82) is 0 Å². The molecule has 30 heavy (non-hydrogen) atoms. The van der Waals surface area contributed by atoms with Gasteiger partial charge in [0.2, 0.25) is 10.0 Å². The van der Waals surface area contributed by atoms with Gasteiger partial charge in [-0.3, -0.25) is 4.79 Å². The lowest BCUT2D eigenvalue weighted by molar-refractivity contribution is 0.0720. The van der Waals surface area contributed by atoms with Crippen molar-refractivity contribution < 1.29 is 17.9 Å². The second kappa shape index (κ2) is 10.9. The zero-order valence-corrected chi connectivity index (χ0v) is 18.8. The predicted octanol–water partition coefficient (Wildman–Crippen LogP) is 3.53. The van der Waals surface area contributed by atoms with Gasteiger partial charge in [-0.1, -0.05) is 30.3 Å². The van der Waals surface area contributed by atoms with Crippen molar-refractivity contribution in [2.75, 3.05) is 32.5 Å². The summed E-state index contributed by atoms with van der Waals surface area (Å²) in [5.41, 5.74) is 1.49. The van der Waals surface area contributed by atoms with Gasteiger partial charge in [-0.2, -0.15) is 0 Å². The first-order chi connectivity index (χ1) is 14.5. The maximum absolute atomic E-state index is 13.0. The number of thioether (sulfide) groups is 1. The molecule has 0 saturated carbocycles. The number of ether oxygens (including phenoxy) is 1. The molecule has 3 rings (SSSR count). The number of hydrogen-bond donors (Lipinski definition) is 1. The molecular formula is C22H28N2O4S2. The number of benzene rings is 2. The normalized spacial score (nSPS) is 14.6. The largest absolute Gasteiger partial charge is 0.375 e. The zero-order valence-electron chi connectivity index (χ0n) is 17.2. The molecule has 6 nitrogen and oxygen atoms in total. The fourth-order valence-corrected chi connectivity index (χ4v) is 4.99. The highest BCUT2D eigenvalue weighted by Crippen LogP contribution is 2.26. The maximum atomic E-state index is 13.0. The van der Waals surface area contributed by atoms with Crippen molar-refractivity contribution in [3.8, 4) is 0 Å². The molecule has 0 spiro atoms. The van der Waals surface area contributed by atoms with Crippen LogP contribution in [0.3, 0.4) is 0 Å². The first-order valence-electron chi connectivity index (χ1n) is 10.1. The van der Waals surface area contributed by atoms with Crippen molar-refractivity contribution in [2.24, 2.45) is 0 Å². The lowest BCUT2D eigenvalue weighted by atomic mass is 10.1. The van der Waals surface area contributed by atoms with Gasteiger partial charge in [0.25, 0.3) is 5.91 Å². The minimum Gasteiger partial charge on any atom is -0.375 e. The van der Waals surface area contributed by atoms with Gasteiger partial charge in [-0.25, -0.2) is 13.1 Å². The van der Waals surface area contributed by atoms with Gasteiger partial charge in [0.1, 0.15) is 0 Å². The van der Waals surface area contributed by atoms with E-state index in [2.05, 4.69) is 4.72 Å². The van der Waals surface area contributed by atoms with Crippen molar-refractivity contribution >= 4 is 27.7 Å². The van der Waals surface area contributed by atoms with Crippen LogP contribution in [-0.4, -0.2) is 51.7 Å². The van der Waals surface area contributed by atoms with Gasteiger partial charge in [0, 0.05) is 24.5 Å². The third-order valence-electron chi connectivity index (χ3n) is 5.00. The smallest absolute Gasteiger partial charge is 0.255 e. The number of nitrogens with one attached hydrogen (secondary N) is 1. The van der Waals surface area contributed by atoms with Crippen LogP contribution in [0.5, 0.6) is 0 Å². The number of piperidine rings is 1. The molecule has 0 aromatic heterocycles. The van der Waals surface area contributed by atoms with Crippen LogP contribution >= 0.6 is 11.8 Å². The summed E-state index contributed by atoms with van der Waals surface area (Å²) in [6.45, 7) is 2.30. The number of nitrogens with zero attached hydrogens (tertiary/aromatic N) is 1. The molecule has 1 N–H and O–H groups in total. The van der Waals surface area contributed by atoms with E-state index in [1.165, 1.54) is 17.8 Å². The molecule has 2 aromatic rings. The van der Waals surface area contributed by atoms with E-state index in [1.807, 2.05) is 41.5 Å². The molecule has 2 aromatic carbocycles. The molecule has 0 atom stereocenters. The Morgan fingerprint density at radius 1 is 1.10 bits per heavy atom. The molecular weight excluding hydrogens is 420 g/mol. The summed E-state index contributed by atoms with van der Waals surface area (Å²) in [6.07, 6.45) is 4.99. The fraction of sp³-hybridized carbons (Fsp3) is 0.409. The van der Waals surface area contributed by atoms with Crippen molar-refractivity contribution in [1.82, 2.24) is 9.62 Å². The predicted molar refractivity (Wildman–Crippen MR) is 119 cm³/mol. The summed E-state index contributed by atoms with van der Waals surface area (Å²) in [7, 11) is -3.73. The van der Waals surface area contributed by atoms with Gasteiger partial charge in [-0.05, 0) is 49.3 Å². The number of amides is 1. The molecule has 0 aliphatic carbocycles. The molecule has 1 aliphatic rings. The van der Waals surface area contributed by atoms with E-state index >= 15 is 0 Å². The van der Waals surface area contributed by atoms with E-state index in [0.717, 1.165) is 42.8 Å². The van der Waals surface area contributed by atoms with E-state index in [0.29, 0.717) is 12.2 Å². The second-order valence-corrected chi connectivity index (χ2v) is 9.77. The first-order valence-corrected chi connectivity index (χ1v) is 12.8. The molecule has 162 valence electrons. The zero-order chi connectivity index (χ0) is 21.4. The number of hydrogen-bond acceptors (Lipinski definition) is 5. The van der Waals surface area contributed by atoms with Crippen LogP contribution in [0, 0.1) is 0 Å². The van der Waals surface area contributed by atoms with Gasteiger partial charge in [-0.15, -0.1) is 11.8 Å². The fourth-order valence-electron chi connectivity index (χ4n) is 3.38. The van der Waals surface area contributed by atoms with Gasteiger partial charge >= 0.3 is 0 Å². The van der Waals surface area contributed by atoms with E-state index in [9.17, 15) is 13.2 Å². The second-order valence-electron chi connectivity index (χ2n) is 7.15. The Kier molecular flexibility index (Phi) is 8.32. The Morgan fingerprint density at radius 3 is 2.53 bits per heavy atom. The summed E-state index contributed by atoms with van der Waals surface area (Å²) in [5.74, 6) is -0.0951. The average molecular weight is 449 g/mol. The first kappa shape index (κ1) is 22.8. The van der Waals surface area contributed by atoms with Crippen molar-refractivity contribution in [3.63, 3.8) is 0 Å². The van der Waals surface area contributed by atoms with Crippen LogP contribution in [0.4, 0.5) is 0 Å². The minimum absolute atomic E-state index is 0.0951. The Bertz CT molecular complexity index is 943. The molecule has 0 bridgehead atoms. The monoisotopic (exact) mass is 448 g/mol. The van der Waals surface area contributed by atoms with Crippen molar-refractivity contribution in [3.05, 3.63) is 59.7 Å². The van der Waals surface area contributed by atoms with Crippen LogP contribution < -0.4 is 4.72 Å². The number of likely N-dealkylation sites (tertiary alicyclic amines) is 1. The number of rotatable bonds is 9. The molecule has 1 fully saturated rings. The highest BCUT2D eigenvalue weighted by atomic mass is 32.2. The third kappa shape index (κ3) is 6.07. The van der Waals surface area contributed by atoms with Crippen molar-refractivity contribution in [2.45, 2.75) is 35.7 Å². The Hall–Kier alpha value is -1.87. The molecule has 1 aliphatic heterocycles. The molecule has 1 saturated heterocycles. The Labute approximate surface area is 183 Å². The lowest BCUT2D eigenvalue weighted by Crippen LogP contribution is -2.36. The number of carbonyl (C=O) groups is 1. The summed E-state index contributed by atoms with van der Waals surface area (Å²) in [6, 6.07) is 14.5. The average Bonchev–Trinajstić information content (AvgIpc) is 2.79. The summed E-state index contributed by atoms with van der Waals surface area (Å²) in [4.78, 5) is 15.7. The van der Waals surface area contributed by atoms with E-state index in [4.69, 9.17) is 4.74 Å². The Morgan fingerprint density at radius 2 is 1.83 bits per heavy atom. The molecule has 1 heterocycles. The van der Waals surface area contributed by atoms with Crippen LogP contribution in [-0.2, 0) is 21.4 Å². The van der Waals surface area contributed by atoms with Gasteiger partial charge < -0.3 is 9.64 Å². The topological polar surface area (TPSA) is 75.7 Å². The van der Waals surface area contributed by atoms with Crippen LogP contribution in [0.2, 0.25) is 0 Å². The molecule has 0 unspecified atom stereocenters. The molecule has 1 amide bonds. The van der Waals surface area contributed by atoms with E-state index in [-0.39, 0.29) is 24.0 Å². The SMILES string of the molecule is CSc1ccc(S(=O)(=O)NCCOCc2ccccc2)cc1C(=O)N1CCCCC1. The standard InChI is InChI=1S/C22H28N2O4S2/c1-29-21-11-10-19(16-20(21)22(25)24-13-6-3-7-14-24)30(26,27)23-12-15-28-17-18-8-4-2-5-9-18/h2,4-5,8-11,16,23H,3,6-7,12-15,17H2,1H3. The van der Waals surface area contributed by atoms with Gasteiger partial charge in [0.15, 0.2) is 0 Å². The summed E-state index contributed by atoms with van der Waals surface area (Å²) in [5, 5.41) is 0. The molecule has 8 heteroatoms. The highest BCUT2D eigenvalue weighted by molar-refractivity contribution is 7.98. The van der Waals surface area contributed by atoms with E-state index in [1.54, 1.807) is 12.1 Å². The van der Waals surface area contributed by atoms with E-state index < -0.39 is 10.0 Å². The molecule has 0 radical (unpaired) electrons. The minimum atomic E-state index is -3.73. The lowest BCUT2D eigenvalue weighted by Gasteiger charge is -2.27. The van der Waals surface area contributed by atoms with Crippen LogP contribution in [0.15, 0.2) is 58.3 Å². The van der Waals surface area contributed by atoms with Crippen LogP contribution in [0.25, 0.3) is 0 Å². The summed E-state index contributed by atoms with van der Waals surface area (Å²) >= 11 is 1.45.